The van der Waals surface area contributed by atoms with Crippen molar-refractivity contribution in [2.75, 3.05) is 13.1 Å². The Bertz CT molecular complexity index is 376. The van der Waals surface area contributed by atoms with Crippen molar-refractivity contribution in [3.8, 4) is 0 Å². The van der Waals surface area contributed by atoms with Gasteiger partial charge in [0, 0.05) is 18.8 Å². The summed E-state index contributed by atoms with van der Waals surface area (Å²) in [5, 5.41) is 6.60. The summed E-state index contributed by atoms with van der Waals surface area (Å²) in [7, 11) is 0. The molecule has 100 valence electrons. The lowest BCUT2D eigenvalue weighted by atomic mass is 9.83. The first-order valence-electron chi connectivity index (χ1n) is 6.78. The third-order valence-corrected chi connectivity index (χ3v) is 3.90. The van der Waals surface area contributed by atoms with Gasteiger partial charge in [-0.15, -0.1) is 0 Å². The number of aromatic nitrogens is 2. The number of nitrogens with one attached hydrogen (secondary N) is 1. The molecule has 1 aromatic rings. The van der Waals surface area contributed by atoms with Crippen LogP contribution in [-0.4, -0.2) is 40.1 Å². The fourth-order valence-corrected chi connectivity index (χ4v) is 2.93. The van der Waals surface area contributed by atoms with Crippen molar-refractivity contribution in [3.63, 3.8) is 0 Å². The molecule has 1 heterocycles. The van der Waals surface area contributed by atoms with E-state index in [0.717, 1.165) is 19.4 Å². The lowest BCUT2D eigenvalue weighted by Gasteiger charge is -2.39. The van der Waals surface area contributed by atoms with Crippen molar-refractivity contribution in [2.24, 2.45) is 11.7 Å². The molecule has 0 aromatic carbocycles. The molecule has 0 spiro atoms. The zero-order valence-electron chi connectivity index (χ0n) is 10.9. The molecule has 2 rings (SSSR count). The van der Waals surface area contributed by atoms with Gasteiger partial charge in [-0.05, 0) is 38.3 Å². The lowest BCUT2D eigenvalue weighted by molar-refractivity contribution is 0.0554. The average molecular weight is 250 g/mol. The number of hydrogen-bond acceptors (Lipinski definition) is 3. The van der Waals surface area contributed by atoms with Crippen LogP contribution >= 0.6 is 0 Å². The van der Waals surface area contributed by atoms with Gasteiger partial charge in [-0.3, -0.25) is 9.89 Å². The van der Waals surface area contributed by atoms with E-state index >= 15 is 0 Å². The minimum atomic E-state index is 0.0420. The highest BCUT2D eigenvalue weighted by atomic mass is 16.2. The standard InChI is InChI=1S/C13H22N4O/c1-2-17(13(18)11-7-8-15-16-11)12-6-4-3-5-10(12)9-14/h7-8,10,12H,2-6,9,14H2,1H3,(H,15,16). The molecule has 0 aliphatic heterocycles. The topological polar surface area (TPSA) is 75.0 Å². The number of nitrogens with zero attached hydrogens (tertiary/aromatic N) is 2. The molecule has 2 atom stereocenters. The van der Waals surface area contributed by atoms with Crippen LogP contribution in [0.25, 0.3) is 0 Å². The first-order valence-corrected chi connectivity index (χ1v) is 6.78. The van der Waals surface area contributed by atoms with Gasteiger partial charge in [-0.25, -0.2) is 0 Å². The van der Waals surface area contributed by atoms with Gasteiger partial charge in [0.25, 0.3) is 5.91 Å². The molecule has 1 aliphatic rings. The summed E-state index contributed by atoms with van der Waals surface area (Å²) in [6.07, 6.45) is 6.23. The van der Waals surface area contributed by atoms with Crippen LogP contribution in [0.2, 0.25) is 0 Å². The fourth-order valence-electron chi connectivity index (χ4n) is 2.93. The van der Waals surface area contributed by atoms with Crippen molar-refractivity contribution in [1.29, 1.82) is 0 Å². The van der Waals surface area contributed by atoms with Gasteiger partial charge < -0.3 is 10.6 Å². The molecule has 0 saturated heterocycles. The van der Waals surface area contributed by atoms with E-state index in [1.54, 1.807) is 12.3 Å². The van der Waals surface area contributed by atoms with E-state index in [9.17, 15) is 4.79 Å². The van der Waals surface area contributed by atoms with E-state index in [1.807, 2.05) is 11.8 Å². The predicted molar refractivity (Wildman–Crippen MR) is 70.1 cm³/mol. The minimum absolute atomic E-state index is 0.0420. The van der Waals surface area contributed by atoms with Crippen molar-refractivity contribution >= 4 is 5.91 Å². The molecule has 1 fully saturated rings. The van der Waals surface area contributed by atoms with E-state index in [2.05, 4.69) is 10.2 Å². The van der Waals surface area contributed by atoms with E-state index in [-0.39, 0.29) is 11.9 Å². The quantitative estimate of drug-likeness (QED) is 0.848. The monoisotopic (exact) mass is 250 g/mol. The number of H-pyrrole nitrogens is 1. The van der Waals surface area contributed by atoms with Gasteiger partial charge in [0.15, 0.2) is 0 Å². The van der Waals surface area contributed by atoms with Gasteiger partial charge in [0.05, 0.1) is 0 Å². The minimum Gasteiger partial charge on any atom is -0.334 e. The summed E-state index contributed by atoms with van der Waals surface area (Å²) >= 11 is 0. The Kier molecular flexibility index (Phi) is 4.36. The van der Waals surface area contributed by atoms with E-state index in [1.165, 1.54) is 12.8 Å². The molecule has 1 amide bonds. The Hall–Kier alpha value is -1.36. The zero-order chi connectivity index (χ0) is 13.0. The Morgan fingerprint density at radius 1 is 1.56 bits per heavy atom. The van der Waals surface area contributed by atoms with Crippen molar-refractivity contribution in [3.05, 3.63) is 18.0 Å². The van der Waals surface area contributed by atoms with E-state index < -0.39 is 0 Å². The average Bonchev–Trinajstić information content (AvgIpc) is 2.94. The summed E-state index contributed by atoms with van der Waals surface area (Å²) in [6, 6.07) is 2.01. The van der Waals surface area contributed by atoms with Crippen LogP contribution in [0.5, 0.6) is 0 Å². The molecular formula is C13H22N4O. The maximum absolute atomic E-state index is 12.4. The third kappa shape index (κ3) is 2.56. The van der Waals surface area contributed by atoms with Gasteiger partial charge >= 0.3 is 0 Å². The predicted octanol–water partition coefficient (Wildman–Crippen LogP) is 1.39. The Labute approximate surface area is 108 Å². The summed E-state index contributed by atoms with van der Waals surface area (Å²) in [6.45, 7) is 3.41. The molecule has 5 heteroatoms. The number of carbonyl (C=O) groups excluding carboxylic acids is 1. The maximum Gasteiger partial charge on any atom is 0.272 e. The second kappa shape index (κ2) is 6.00. The van der Waals surface area contributed by atoms with Crippen LogP contribution in [0.4, 0.5) is 0 Å². The highest BCUT2D eigenvalue weighted by Gasteiger charge is 2.32. The molecule has 3 N–H and O–H groups in total. The van der Waals surface area contributed by atoms with Gasteiger partial charge in [0.1, 0.15) is 5.69 Å². The van der Waals surface area contributed by atoms with Crippen molar-refractivity contribution in [2.45, 2.75) is 38.6 Å². The van der Waals surface area contributed by atoms with Gasteiger partial charge in [0.2, 0.25) is 0 Å². The van der Waals surface area contributed by atoms with Crippen LogP contribution < -0.4 is 5.73 Å². The zero-order valence-corrected chi connectivity index (χ0v) is 10.9. The van der Waals surface area contributed by atoms with Gasteiger partial charge in [-0.1, -0.05) is 12.8 Å². The summed E-state index contributed by atoms with van der Waals surface area (Å²) in [4.78, 5) is 14.4. The van der Waals surface area contributed by atoms with E-state index in [0.29, 0.717) is 18.2 Å². The molecule has 0 radical (unpaired) electrons. The maximum atomic E-state index is 12.4. The van der Waals surface area contributed by atoms with Crippen molar-refractivity contribution < 1.29 is 4.79 Å². The number of rotatable bonds is 4. The number of hydrogen-bond donors (Lipinski definition) is 2. The van der Waals surface area contributed by atoms with Crippen molar-refractivity contribution in [1.82, 2.24) is 15.1 Å². The molecule has 18 heavy (non-hydrogen) atoms. The van der Waals surface area contributed by atoms with Crippen LogP contribution in [0.3, 0.4) is 0 Å². The Morgan fingerprint density at radius 3 is 2.94 bits per heavy atom. The lowest BCUT2D eigenvalue weighted by Crippen LogP contribution is -2.48. The van der Waals surface area contributed by atoms with Crippen LogP contribution in [-0.2, 0) is 0 Å². The summed E-state index contributed by atoms with van der Waals surface area (Å²) < 4.78 is 0. The molecule has 2 unspecified atom stereocenters. The normalized spacial score (nSPS) is 23.9. The largest absolute Gasteiger partial charge is 0.334 e. The number of aromatic amines is 1. The summed E-state index contributed by atoms with van der Waals surface area (Å²) in [5.41, 5.74) is 6.41. The summed E-state index contributed by atoms with van der Waals surface area (Å²) in [5.74, 6) is 0.478. The number of carbonyl (C=O) groups is 1. The molecule has 0 bridgehead atoms. The van der Waals surface area contributed by atoms with Crippen LogP contribution in [0.15, 0.2) is 12.3 Å². The van der Waals surface area contributed by atoms with Crippen LogP contribution in [0, 0.1) is 5.92 Å². The Balaban J connectivity index is 2.14. The third-order valence-electron chi connectivity index (χ3n) is 3.90. The number of amides is 1. The highest BCUT2D eigenvalue weighted by molar-refractivity contribution is 5.92. The molecule has 1 aromatic heterocycles. The first kappa shape index (κ1) is 13.1. The molecular weight excluding hydrogens is 228 g/mol. The van der Waals surface area contributed by atoms with Gasteiger partial charge in [-0.2, -0.15) is 5.10 Å². The SMILES string of the molecule is CCN(C(=O)c1ccn[nH]1)C1CCCCC1CN. The molecule has 1 aliphatic carbocycles. The second-order valence-electron chi connectivity index (χ2n) is 4.91. The fraction of sp³-hybridized carbons (Fsp3) is 0.692. The van der Waals surface area contributed by atoms with Crippen LogP contribution in [0.1, 0.15) is 43.1 Å². The van der Waals surface area contributed by atoms with E-state index in [4.69, 9.17) is 5.73 Å². The highest BCUT2D eigenvalue weighted by Crippen LogP contribution is 2.28. The number of nitrogens with two attached hydrogens (primary N) is 1. The molecule has 1 saturated carbocycles. The first-order chi connectivity index (χ1) is 8.77. The second-order valence-corrected chi connectivity index (χ2v) is 4.91. The molecule has 5 nitrogen and oxygen atoms in total. The smallest absolute Gasteiger partial charge is 0.272 e. The Morgan fingerprint density at radius 2 is 2.33 bits per heavy atom.